The fraction of sp³-hybridized carbons (Fsp3) is 0.407. The van der Waals surface area contributed by atoms with Crippen molar-refractivity contribution in [2.75, 3.05) is 19.7 Å². The van der Waals surface area contributed by atoms with Crippen LogP contribution in [0.3, 0.4) is 0 Å². The standard InChI is InChI=1S/C27H34N4O5/c1-27(2,3)36-22(32)17-35-21-13-15-31(16-14-21)26(34)23(18-7-5-4-6-8-18)30-25(33)20-11-9-19(10-12-20)24(28)29/h4-12,21,23H,13-17H2,1-3H3,(H3,28,29)(H,30,33)/t23-/m0/s1. The smallest absolute Gasteiger partial charge is 0.332 e. The van der Waals surface area contributed by atoms with E-state index < -0.39 is 23.5 Å². The molecule has 0 aliphatic carbocycles. The summed E-state index contributed by atoms with van der Waals surface area (Å²) in [6.45, 7) is 6.18. The number of carbonyl (C=O) groups excluding carboxylic acids is 3. The zero-order valence-electron chi connectivity index (χ0n) is 21.0. The first-order valence-corrected chi connectivity index (χ1v) is 12.0. The first-order chi connectivity index (χ1) is 17.0. The Morgan fingerprint density at radius 2 is 1.61 bits per heavy atom. The van der Waals surface area contributed by atoms with Gasteiger partial charge in [0.2, 0.25) is 5.91 Å². The number of benzene rings is 2. The van der Waals surface area contributed by atoms with Crippen LogP contribution >= 0.6 is 0 Å². The molecule has 2 aromatic carbocycles. The second-order valence-corrected chi connectivity index (χ2v) is 9.73. The third-order valence-corrected chi connectivity index (χ3v) is 5.72. The molecule has 0 saturated carbocycles. The fourth-order valence-electron chi connectivity index (χ4n) is 3.93. The number of nitrogens with one attached hydrogen (secondary N) is 2. The summed E-state index contributed by atoms with van der Waals surface area (Å²) in [5.41, 5.74) is 6.48. The lowest BCUT2D eigenvalue weighted by Crippen LogP contribution is -2.47. The van der Waals surface area contributed by atoms with Gasteiger partial charge < -0.3 is 25.4 Å². The van der Waals surface area contributed by atoms with Gasteiger partial charge in [0.1, 0.15) is 24.1 Å². The topological polar surface area (TPSA) is 135 Å². The maximum atomic E-state index is 13.5. The average molecular weight is 495 g/mol. The lowest BCUT2D eigenvalue weighted by atomic mass is 10.0. The Bertz CT molecular complexity index is 1070. The van der Waals surface area contributed by atoms with Crippen LogP contribution in [0.15, 0.2) is 54.6 Å². The van der Waals surface area contributed by atoms with Gasteiger partial charge in [0, 0.05) is 24.2 Å². The van der Waals surface area contributed by atoms with Crippen LogP contribution in [0.25, 0.3) is 0 Å². The van der Waals surface area contributed by atoms with Crippen molar-refractivity contribution in [3.05, 3.63) is 71.3 Å². The van der Waals surface area contributed by atoms with Gasteiger partial charge in [0.25, 0.3) is 5.91 Å². The Balaban J connectivity index is 1.62. The van der Waals surface area contributed by atoms with Gasteiger partial charge in [-0.2, -0.15) is 0 Å². The number of amidine groups is 1. The van der Waals surface area contributed by atoms with E-state index in [2.05, 4.69) is 5.32 Å². The largest absolute Gasteiger partial charge is 0.458 e. The number of hydrogen-bond acceptors (Lipinski definition) is 6. The number of nitrogens with zero attached hydrogens (tertiary/aromatic N) is 1. The lowest BCUT2D eigenvalue weighted by Gasteiger charge is -2.34. The Morgan fingerprint density at radius 3 is 2.17 bits per heavy atom. The van der Waals surface area contributed by atoms with Crippen molar-refractivity contribution in [2.24, 2.45) is 5.73 Å². The van der Waals surface area contributed by atoms with E-state index in [-0.39, 0.29) is 24.5 Å². The molecule has 0 spiro atoms. The van der Waals surface area contributed by atoms with Gasteiger partial charge in [0.15, 0.2) is 0 Å². The molecule has 3 rings (SSSR count). The van der Waals surface area contributed by atoms with Gasteiger partial charge in [0.05, 0.1) is 6.10 Å². The average Bonchev–Trinajstić information content (AvgIpc) is 2.85. The predicted molar refractivity (Wildman–Crippen MR) is 136 cm³/mol. The van der Waals surface area contributed by atoms with Crippen LogP contribution in [0.2, 0.25) is 0 Å². The summed E-state index contributed by atoms with van der Waals surface area (Å²) in [4.78, 5) is 40.1. The van der Waals surface area contributed by atoms with Crippen LogP contribution in [-0.4, -0.2) is 59.9 Å². The Labute approximate surface area is 211 Å². The van der Waals surface area contributed by atoms with Crippen molar-refractivity contribution in [3.63, 3.8) is 0 Å². The highest BCUT2D eigenvalue weighted by atomic mass is 16.6. The molecule has 1 fully saturated rings. The first-order valence-electron chi connectivity index (χ1n) is 12.0. The highest BCUT2D eigenvalue weighted by Gasteiger charge is 2.31. The summed E-state index contributed by atoms with van der Waals surface area (Å²) in [5.74, 6) is -1.11. The molecular weight excluding hydrogens is 460 g/mol. The van der Waals surface area contributed by atoms with Crippen LogP contribution in [0.4, 0.5) is 0 Å². The molecule has 1 aliphatic rings. The second kappa shape index (κ2) is 11.8. The predicted octanol–water partition coefficient (Wildman–Crippen LogP) is 2.79. The van der Waals surface area contributed by atoms with E-state index in [1.54, 1.807) is 62.1 Å². The molecule has 4 N–H and O–H groups in total. The zero-order chi connectivity index (χ0) is 26.3. The molecule has 36 heavy (non-hydrogen) atoms. The van der Waals surface area contributed by atoms with Crippen molar-refractivity contribution in [1.29, 1.82) is 5.41 Å². The van der Waals surface area contributed by atoms with Crippen LogP contribution in [0.1, 0.15) is 61.1 Å². The van der Waals surface area contributed by atoms with E-state index >= 15 is 0 Å². The molecule has 2 aromatic rings. The van der Waals surface area contributed by atoms with Gasteiger partial charge in [-0.25, -0.2) is 4.79 Å². The molecule has 0 bridgehead atoms. The minimum absolute atomic E-state index is 0.0854. The number of ether oxygens (including phenoxy) is 2. The van der Waals surface area contributed by atoms with Crippen molar-refractivity contribution < 1.29 is 23.9 Å². The van der Waals surface area contributed by atoms with Crippen molar-refractivity contribution in [3.8, 4) is 0 Å². The minimum atomic E-state index is -0.856. The van der Waals surface area contributed by atoms with Gasteiger partial charge >= 0.3 is 5.97 Å². The lowest BCUT2D eigenvalue weighted by molar-refractivity contribution is -0.163. The van der Waals surface area contributed by atoms with Crippen LogP contribution < -0.4 is 11.1 Å². The number of carbonyl (C=O) groups is 3. The van der Waals surface area contributed by atoms with E-state index in [1.165, 1.54) is 0 Å². The number of esters is 1. The van der Waals surface area contributed by atoms with Gasteiger partial charge in [-0.1, -0.05) is 42.5 Å². The van der Waals surface area contributed by atoms with E-state index in [9.17, 15) is 14.4 Å². The molecule has 0 radical (unpaired) electrons. The molecule has 1 atom stereocenters. The Hall–Kier alpha value is -3.72. The maximum absolute atomic E-state index is 13.5. The monoisotopic (exact) mass is 494 g/mol. The maximum Gasteiger partial charge on any atom is 0.332 e. The first kappa shape index (κ1) is 26.9. The van der Waals surface area contributed by atoms with Crippen LogP contribution in [-0.2, 0) is 19.1 Å². The molecule has 9 heteroatoms. The highest BCUT2D eigenvalue weighted by molar-refractivity contribution is 6.00. The quantitative estimate of drug-likeness (QED) is 0.293. The van der Waals surface area contributed by atoms with E-state index in [4.69, 9.17) is 20.6 Å². The molecule has 0 unspecified atom stereocenters. The zero-order valence-corrected chi connectivity index (χ0v) is 21.0. The number of likely N-dealkylation sites (tertiary alicyclic amines) is 1. The van der Waals surface area contributed by atoms with Crippen molar-refractivity contribution in [1.82, 2.24) is 10.2 Å². The second-order valence-electron chi connectivity index (χ2n) is 9.73. The van der Waals surface area contributed by atoms with Gasteiger partial charge in [-0.15, -0.1) is 0 Å². The number of hydrogen-bond donors (Lipinski definition) is 3. The number of piperidine rings is 1. The van der Waals surface area contributed by atoms with Crippen molar-refractivity contribution >= 4 is 23.6 Å². The van der Waals surface area contributed by atoms with Crippen molar-refractivity contribution in [2.45, 2.75) is 51.4 Å². The van der Waals surface area contributed by atoms with Crippen LogP contribution in [0.5, 0.6) is 0 Å². The summed E-state index contributed by atoms with van der Waals surface area (Å²) in [6.07, 6.45) is 1.01. The third kappa shape index (κ3) is 7.64. The normalized spacial score (nSPS) is 15.1. The van der Waals surface area contributed by atoms with E-state index in [0.29, 0.717) is 42.6 Å². The molecule has 9 nitrogen and oxygen atoms in total. The third-order valence-electron chi connectivity index (χ3n) is 5.72. The van der Waals surface area contributed by atoms with Crippen LogP contribution in [0, 0.1) is 5.41 Å². The molecule has 1 heterocycles. The van der Waals surface area contributed by atoms with E-state index in [1.807, 2.05) is 18.2 Å². The molecule has 192 valence electrons. The minimum Gasteiger partial charge on any atom is -0.458 e. The molecular formula is C27H34N4O5. The Kier molecular flexibility index (Phi) is 8.82. The summed E-state index contributed by atoms with van der Waals surface area (Å²) in [5, 5.41) is 10.4. The summed E-state index contributed by atoms with van der Waals surface area (Å²) < 4.78 is 11.0. The number of nitrogen functional groups attached to an aromatic ring is 1. The molecule has 1 saturated heterocycles. The molecule has 0 aromatic heterocycles. The highest BCUT2D eigenvalue weighted by Crippen LogP contribution is 2.21. The van der Waals surface area contributed by atoms with Gasteiger partial charge in [-0.05, 0) is 51.3 Å². The molecule has 1 aliphatic heterocycles. The SMILES string of the molecule is CC(C)(C)OC(=O)COC1CCN(C(=O)[C@@H](NC(=O)c2ccc(C(=N)N)cc2)c2ccccc2)CC1. The number of amides is 2. The Morgan fingerprint density at radius 1 is 1.03 bits per heavy atom. The summed E-state index contributed by atoms with van der Waals surface area (Å²) >= 11 is 0. The fourth-order valence-corrected chi connectivity index (χ4v) is 3.93. The number of nitrogens with two attached hydrogens (primary N) is 1. The van der Waals surface area contributed by atoms with Gasteiger partial charge in [-0.3, -0.25) is 15.0 Å². The van der Waals surface area contributed by atoms with E-state index in [0.717, 1.165) is 0 Å². The summed E-state index contributed by atoms with van der Waals surface area (Å²) in [6, 6.07) is 14.6. The summed E-state index contributed by atoms with van der Waals surface area (Å²) in [7, 11) is 0. The number of rotatable bonds is 8. The molecule has 2 amide bonds.